The van der Waals surface area contributed by atoms with E-state index in [1.165, 1.54) is 16.7 Å². The number of nitriles is 1. The van der Waals surface area contributed by atoms with Crippen molar-refractivity contribution in [3.05, 3.63) is 54.4 Å². The largest absolute Gasteiger partial charge is 0.336 e. The number of carbonyl (C=O) groups excluding carboxylic acids is 1. The zero-order chi connectivity index (χ0) is 23.6. The van der Waals surface area contributed by atoms with Crippen molar-refractivity contribution in [2.45, 2.75) is 54.0 Å². The third kappa shape index (κ3) is 5.03. The Balaban J connectivity index is 2.02. The van der Waals surface area contributed by atoms with Crippen LogP contribution in [0.4, 0.5) is 0 Å². The summed E-state index contributed by atoms with van der Waals surface area (Å²) < 4.78 is 30.0. The molecule has 1 saturated carbocycles. The molecule has 2 atom stereocenters. The summed E-state index contributed by atoms with van der Waals surface area (Å²) in [4.78, 5) is 9.19. The second kappa shape index (κ2) is 9.54. The van der Waals surface area contributed by atoms with Crippen molar-refractivity contribution in [2.24, 2.45) is 17.6 Å². The normalized spacial score (nSPS) is 23.0. The minimum absolute atomic E-state index is 0.0683. The Labute approximate surface area is 198 Å². The molecule has 0 amide bonds. The second-order valence-corrected chi connectivity index (χ2v) is 11.3. The molecule has 3 N–H and O–H groups in total. The maximum absolute atomic E-state index is 13.7. The van der Waals surface area contributed by atoms with Gasteiger partial charge in [-0.3, -0.25) is 4.79 Å². The van der Waals surface area contributed by atoms with E-state index in [1.54, 1.807) is 36.5 Å². The van der Waals surface area contributed by atoms with Crippen LogP contribution in [0.25, 0.3) is 0 Å². The van der Waals surface area contributed by atoms with Gasteiger partial charge in [0.25, 0.3) is 0 Å². The van der Waals surface area contributed by atoms with Crippen molar-refractivity contribution in [3.63, 3.8) is 0 Å². The highest BCUT2D eigenvalue weighted by Gasteiger charge is 2.57. The highest BCUT2D eigenvalue weighted by molar-refractivity contribution is 7.89. The summed E-state index contributed by atoms with van der Waals surface area (Å²) in [5, 5.41) is 9.31. The topological polar surface area (TPSA) is 118 Å². The summed E-state index contributed by atoms with van der Waals surface area (Å²) >= 11 is 13.5. The minimum Gasteiger partial charge on any atom is -0.336 e. The number of nitrogens with one attached hydrogen (secondary N) is 1. The molecule has 1 aromatic heterocycles. The highest BCUT2D eigenvalue weighted by Crippen LogP contribution is 2.40. The zero-order valence-corrected chi connectivity index (χ0v) is 20.0. The predicted octanol–water partition coefficient (Wildman–Crippen LogP) is 3.56. The molecule has 10 heteroatoms. The van der Waals surface area contributed by atoms with Gasteiger partial charge in [-0.1, -0.05) is 61.2 Å². The van der Waals surface area contributed by atoms with Gasteiger partial charge in [0.15, 0.2) is 10.8 Å². The zero-order valence-electron chi connectivity index (χ0n) is 17.7. The highest BCUT2D eigenvalue weighted by atomic mass is 35.5. The van der Waals surface area contributed by atoms with E-state index in [4.69, 9.17) is 28.9 Å². The molecule has 0 bridgehead atoms. The van der Waals surface area contributed by atoms with Gasteiger partial charge in [-0.25, -0.2) is 8.42 Å². The van der Waals surface area contributed by atoms with E-state index in [9.17, 15) is 18.5 Å². The lowest BCUT2D eigenvalue weighted by Crippen LogP contribution is -2.69. The van der Waals surface area contributed by atoms with E-state index in [2.05, 4.69) is 11.6 Å². The van der Waals surface area contributed by atoms with Gasteiger partial charge in [0.2, 0.25) is 10.0 Å². The standard InChI is InChI=1S/C22H26Cl2N4O3S/c1-16-9-11-17(12-10-16)20(29)22(24,27-32(30,31)19-7-3-2-4-8-19)21(23,26)15-28-13-5-6-18(28)14-25/h2-8,13,16-17,27H,9-12,15,26H2,1H3. The van der Waals surface area contributed by atoms with Crippen molar-refractivity contribution >= 4 is 39.0 Å². The van der Waals surface area contributed by atoms with Crippen LogP contribution in [0, 0.1) is 23.2 Å². The van der Waals surface area contributed by atoms with Crippen LogP contribution in [-0.4, -0.2) is 28.8 Å². The number of ketones is 1. The number of nitrogens with two attached hydrogens (primary N) is 1. The fourth-order valence-corrected chi connectivity index (χ4v) is 6.13. The number of carbonyl (C=O) groups is 1. The first kappa shape index (κ1) is 24.7. The molecule has 3 rings (SSSR count). The number of nitrogens with zero attached hydrogens (tertiary/aromatic N) is 2. The number of alkyl halides is 2. The summed E-state index contributed by atoms with van der Waals surface area (Å²) in [5.41, 5.74) is 6.64. The number of halogens is 2. The van der Waals surface area contributed by atoms with Gasteiger partial charge in [-0.15, -0.1) is 0 Å². The third-order valence-electron chi connectivity index (χ3n) is 5.97. The molecule has 0 aliphatic heterocycles. The van der Waals surface area contributed by atoms with E-state index in [-0.39, 0.29) is 17.1 Å². The third-order valence-corrected chi connectivity index (χ3v) is 8.67. The summed E-state index contributed by atoms with van der Waals surface area (Å²) in [6.45, 7) is 1.84. The molecule has 1 fully saturated rings. The number of benzene rings is 1. The maximum atomic E-state index is 13.7. The number of hydrogen-bond donors (Lipinski definition) is 2. The lowest BCUT2D eigenvalue weighted by Gasteiger charge is -2.41. The van der Waals surface area contributed by atoms with Gasteiger partial charge in [0.05, 0.1) is 11.4 Å². The lowest BCUT2D eigenvalue weighted by molar-refractivity contribution is -0.128. The molecule has 1 aromatic carbocycles. The average Bonchev–Trinajstić information content (AvgIpc) is 3.20. The van der Waals surface area contributed by atoms with Gasteiger partial charge in [-0.2, -0.15) is 9.98 Å². The second-order valence-electron chi connectivity index (χ2n) is 8.39. The molecule has 7 nitrogen and oxygen atoms in total. The average molecular weight is 497 g/mol. The molecule has 2 aromatic rings. The summed E-state index contributed by atoms with van der Waals surface area (Å²) in [6, 6.07) is 12.8. The minimum atomic E-state index is -4.23. The Bertz CT molecular complexity index is 1100. The lowest BCUT2D eigenvalue weighted by atomic mass is 9.78. The summed E-state index contributed by atoms with van der Waals surface area (Å²) in [7, 11) is -4.23. The molecule has 0 spiro atoms. The van der Waals surface area contributed by atoms with Crippen LogP contribution in [-0.2, 0) is 21.4 Å². The number of aromatic nitrogens is 1. The first-order valence-electron chi connectivity index (χ1n) is 10.4. The van der Waals surface area contributed by atoms with Crippen LogP contribution in [0.5, 0.6) is 0 Å². The van der Waals surface area contributed by atoms with Crippen molar-refractivity contribution in [3.8, 4) is 6.07 Å². The Morgan fingerprint density at radius 2 is 1.81 bits per heavy atom. The smallest absolute Gasteiger partial charge is 0.242 e. The van der Waals surface area contributed by atoms with Crippen molar-refractivity contribution in [1.82, 2.24) is 9.29 Å². The molecule has 32 heavy (non-hydrogen) atoms. The molecular weight excluding hydrogens is 471 g/mol. The quantitative estimate of drug-likeness (QED) is 0.427. The Hall–Kier alpha value is -1.89. The van der Waals surface area contributed by atoms with E-state index >= 15 is 0 Å². The number of rotatable bonds is 8. The van der Waals surface area contributed by atoms with Gasteiger partial charge in [-0.05, 0) is 43.0 Å². The number of sulfonamides is 1. The molecule has 1 heterocycles. The number of Topliss-reactive ketones (excluding diaryl/α,β-unsaturated/α-hetero) is 1. The van der Waals surface area contributed by atoms with Gasteiger partial charge < -0.3 is 10.3 Å². The van der Waals surface area contributed by atoms with Crippen molar-refractivity contribution < 1.29 is 13.2 Å². The maximum Gasteiger partial charge on any atom is 0.242 e. The molecular formula is C22H26Cl2N4O3S. The molecule has 0 saturated heterocycles. The first-order chi connectivity index (χ1) is 15.0. The number of hydrogen-bond acceptors (Lipinski definition) is 5. The van der Waals surface area contributed by atoms with Gasteiger partial charge in [0.1, 0.15) is 16.8 Å². The van der Waals surface area contributed by atoms with E-state index < -0.39 is 31.7 Å². The molecule has 0 radical (unpaired) electrons. The molecule has 1 aliphatic rings. The van der Waals surface area contributed by atoms with Gasteiger partial charge >= 0.3 is 0 Å². The van der Waals surface area contributed by atoms with Crippen molar-refractivity contribution in [2.75, 3.05) is 0 Å². The van der Waals surface area contributed by atoms with E-state index in [1.807, 2.05) is 6.07 Å². The molecule has 2 unspecified atom stereocenters. The van der Waals surface area contributed by atoms with Crippen LogP contribution >= 0.6 is 23.2 Å². The molecule has 172 valence electrons. The predicted molar refractivity (Wildman–Crippen MR) is 123 cm³/mol. The SMILES string of the molecule is CC1CCC(C(=O)C(Cl)(NS(=O)(=O)c2ccccc2)C(N)(Cl)Cn2cccc2C#N)CC1. The van der Waals surface area contributed by atoms with Crippen LogP contribution in [0.1, 0.15) is 38.3 Å². The summed E-state index contributed by atoms with van der Waals surface area (Å²) in [5.74, 6) is -0.570. The summed E-state index contributed by atoms with van der Waals surface area (Å²) in [6.07, 6.45) is 4.36. The van der Waals surface area contributed by atoms with Crippen LogP contribution in [0.3, 0.4) is 0 Å². The Kier molecular flexibility index (Phi) is 7.38. The van der Waals surface area contributed by atoms with Crippen molar-refractivity contribution in [1.29, 1.82) is 5.26 Å². The van der Waals surface area contributed by atoms with Crippen LogP contribution in [0.2, 0.25) is 0 Å². The fourth-order valence-electron chi connectivity index (χ4n) is 4.00. The van der Waals surface area contributed by atoms with Crippen LogP contribution in [0.15, 0.2) is 53.6 Å². The monoisotopic (exact) mass is 496 g/mol. The van der Waals surface area contributed by atoms with Crippen LogP contribution < -0.4 is 10.5 Å². The Morgan fingerprint density at radius 1 is 1.19 bits per heavy atom. The van der Waals surface area contributed by atoms with E-state index in [0.29, 0.717) is 18.8 Å². The first-order valence-corrected chi connectivity index (χ1v) is 12.6. The van der Waals surface area contributed by atoms with Gasteiger partial charge in [0, 0.05) is 12.1 Å². The Morgan fingerprint density at radius 3 is 2.41 bits per heavy atom. The van der Waals surface area contributed by atoms with E-state index in [0.717, 1.165) is 12.8 Å². The fraction of sp³-hybridized carbons (Fsp3) is 0.455. The molecule has 1 aliphatic carbocycles.